The summed E-state index contributed by atoms with van der Waals surface area (Å²) in [5.74, 6) is 1.74. The van der Waals surface area contributed by atoms with E-state index in [1.54, 1.807) is 0 Å². The highest BCUT2D eigenvalue weighted by molar-refractivity contribution is 5.27. The third-order valence-corrected chi connectivity index (χ3v) is 3.73. The average Bonchev–Trinajstić information content (AvgIpc) is 2.88. The Hall–Kier alpha value is -1.02. The van der Waals surface area contributed by atoms with Crippen molar-refractivity contribution in [1.82, 2.24) is 0 Å². The Kier molecular flexibility index (Phi) is 5.06. The van der Waals surface area contributed by atoms with Gasteiger partial charge in [0.05, 0.1) is 12.7 Å². The molecule has 18 heavy (non-hydrogen) atoms. The van der Waals surface area contributed by atoms with Gasteiger partial charge in [0.15, 0.2) is 0 Å². The van der Waals surface area contributed by atoms with E-state index in [2.05, 4.69) is 12.1 Å². The van der Waals surface area contributed by atoms with Gasteiger partial charge in [0.2, 0.25) is 0 Å². The van der Waals surface area contributed by atoms with Crippen molar-refractivity contribution < 1.29 is 9.84 Å². The normalized spacial score (nSPS) is 17.9. The predicted molar refractivity (Wildman–Crippen MR) is 73.9 cm³/mol. The van der Waals surface area contributed by atoms with Crippen molar-refractivity contribution in [2.45, 2.75) is 51.6 Å². The molecule has 2 heteroatoms. The van der Waals surface area contributed by atoms with E-state index in [9.17, 15) is 5.11 Å². The first-order chi connectivity index (χ1) is 8.74. The zero-order valence-corrected chi connectivity index (χ0v) is 11.3. The second kappa shape index (κ2) is 6.79. The third-order valence-electron chi connectivity index (χ3n) is 3.73. The Morgan fingerprint density at radius 1 is 1.22 bits per heavy atom. The molecule has 1 unspecified atom stereocenters. The standard InChI is InChI=1S/C16H24O2/c1-13(17)6-7-14-8-10-16(11-9-14)18-12-15-4-2-3-5-15/h8-11,13,15,17H,2-7,12H2,1H3. The maximum absolute atomic E-state index is 9.25. The Morgan fingerprint density at radius 2 is 1.89 bits per heavy atom. The van der Waals surface area contributed by atoms with E-state index in [0.717, 1.165) is 31.1 Å². The molecule has 0 heterocycles. The number of rotatable bonds is 6. The number of aliphatic hydroxyl groups excluding tert-OH is 1. The molecule has 1 atom stereocenters. The molecule has 1 fully saturated rings. The number of aryl methyl sites for hydroxylation is 1. The van der Waals surface area contributed by atoms with E-state index in [1.165, 1.54) is 31.2 Å². The first-order valence-corrected chi connectivity index (χ1v) is 7.14. The van der Waals surface area contributed by atoms with Crippen molar-refractivity contribution >= 4 is 0 Å². The van der Waals surface area contributed by atoms with Gasteiger partial charge in [-0.3, -0.25) is 0 Å². The van der Waals surface area contributed by atoms with Gasteiger partial charge in [-0.15, -0.1) is 0 Å². The maximum atomic E-state index is 9.25. The molecular weight excluding hydrogens is 224 g/mol. The summed E-state index contributed by atoms with van der Waals surface area (Å²) in [7, 11) is 0. The van der Waals surface area contributed by atoms with E-state index in [4.69, 9.17) is 4.74 Å². The van der Waals surface area contributed by atoms with Crippen LogP contribution in [0.25, 0.3) is 0 Å². The average molecular weight is 248 g/mol. The summed E-state index contributed by atoms with van der Waals surface area (Å²) in [6.45, 7) is 2.70. The van der Waals surface area contributed by atoms with E-state index in [-0.39, 0.29) is 6.10 Å². The number of aliphatic hydroxyl groups is 1. The Morgan fingerprint density at radius 3 is 2.50 bits per heavy atom. The summed E-state index contributed by atoms with van der Waals surface area (Å²) >= 11 is 0. The van der Waals surface area contributed by atoms with Crippen LogP contribution in [-0.4, -0.2) is 17.8 Å². The molecule has 0 saturated heterocycles. The van der Waals surface area contributed by atoms with Gasteiger partial charge >= 0.3 is 0 Å². The molecule has 0 radical (unpaired) electrons. The quantitative estimate of drug-likeness (QED) is 0.834. The van der Waals surface area contributed by atoms with Crippen LogP contribution in [0.15, 0.2) is 24.3 Å². The molecule has 1 aliphatic carbocycles. The van der Waals surface area contributed by atoms with Crippen molar-refractivity contribution in [3.8, 4) is 5.75 Å². The predicted octanol–water partition coefficient (Wildman–Crippen LogP) is 3.57. The van der Waals surface area contributed by atoms with Crippen LogP contribution in [0.5, 0.6) is 5.75 Å². The van der Waals surface area contributed by atoms with E-state index in [1.807, 2.05) is 19.1 Å². The lowest BCUT2D eigenvalue weighted by Crippen LogP contribution is -2.08. The SMILES string of the molecule is CC(O)CCc1ccc(OCC2CCCC2)cc1. The van der Waals surface area contributed by atoms with Gasteiger partial charge < -0.3 is 9.84 Å². The molecule has 2 rings (SSSR count). The van der Waals surface area contributed by atoms with Crippen molar-refractivity contribution in [1.29, 1.82) is 0 Å². The molecule has 1 aromatic rings. The first-order valence-electron chi connectivity index (χ1n) is 7.14. The third kappa shape index (κ3) is 4.34. The zero-order valence-electron chi connectivity index (χ0n) is 11.3. The summed E-state index contributed by atoms with van der Waals surface area (Å²) < 4.78 is 5.82. The molecule has 100 valence electrons. The molecule has 0 aromatic heterocycles. The Labute approximate surface area is 110 Å². The van der Waals surface area contributed by atoms with Crippen molar-refractivity contribution in [2.24, 2.45) is 5.92 Å². The molecule has 1 N–H and O–H groups in total. The number of benzene rings is 1. The molecule has 0 aliphatic heterocycles. The lowest BCUT2D eigenvalue weighted by atomic mass is 10.1. The summed E-state index contributed by atoms with van der Waals surface area (Å²) in [6.07, 6.45) is 6.92. The summed E-state index contributed by atoms with van der Waals surface area (Å²) in [6, 6.07) is 8.30. The molecule has 0 amide bonds. The number of hydrogen-bond donors (Lipinski definition) is 1. The van der Waals surface area contributed by atoms with Gasteiger partial charge in [0.25, 0.3) is 0 Å². The second-order valence-electron chi connectivity index (χ2n) is 5.49. The summed E-state index contributed by atoms with van der Waals surface area (Å²) in [4.78, 5) is 0. The maximum Gasteiger partial charge on any atom is 0.119 e. The van der Waals surface area contributed by atoms with Crippen LogP contribution < -0.4 is 4.74 Å². The lowest BCUT2D eigenvalue weighted by Gasteiger charge is -2.11. The Balaban J connectivity index is 1.76. The van der Waals surface area contributed by atoms with Gasteiger partial charge in [-0.2, -0.15) is 0 Å². The van der Waals surface area contributed by atoms with Crippen LogP contribution in [0, 0.1) is 5.92 Å². The van der Waals surface area contributed by atoms with Crippen LogP contribution in [0.2, 0.25) is 0 Å². The fraction of sp³-hybridized carbons (Fsp3) is 0.625. The minimum absolute atomic E-state index is 0.219. The largest absolute Gasteiger partial charge is 0.493 e. The van der Waals surface area contributed by atoms with E-state index in [0.29, 0.717) is 0 Å². The fourth-order valence-electron chi connectivity index (χ4n) is 2.52. The topological polar surface area (TPSA) is 29.5 Å². The molecular formula is C16H24O2. The molecule has 1 aromatic carbocycles. The highest BCUT2D eigenvalue weighted by Gasteiger charge is 2.15. The van der Waals surface area contributed by atoms with E-state index >= 15 is 0 Å². The minimum Gasteiger partial charge on any atom is -0.493 e. The summed E-state index contributed by atoms with van der Waals surface area (Å²) in [5, 5.41) is 9.25. The monoisotopic (exact) mass is 248 g/mol. The highest BCUT2D eigenvalue weighted by Crippen LogP contribution is 2.25. The van der Waals surface area contributed by atoms with Crippen LogP contribution in [0.1, 0.15) is 44.6 Å². The van der Waals surface area contributed by atoms with Gasteiger partial charge in [0, 0.05) is 0 Å². The molecule has 0 bridgehead atoms. The lowest BCUT2D eigenvalue weighted by molar-refractivity contribution is 0.185. The number of ether oxygens (including phenoxy) is 1. The molecule has 1 saturated carbocycles. The zero-order chi connectivity index (χ0) is 12.8. The van der Waals surface area contributed by atoms with Gasteiger partial charge in [0.1, 0.15) is 5.75 Å². The smallest absolute Gasteiger partial charge is 0.119 e. The molecule has 2 nitrogen and oxygen atoms in total. The van der Waals surface area contributed by atoms with Gasteiger partial charge in [-0.25, -0.2) is 0 Å². The van der Waals surface area contributed by atoms with Crippen molar-refractivity contribution in [3.63, 3.8) is 0 Å². The highest BCUT2D eigenvalue weighted by atomic mass is 16.5. The Bertz CT molecular complexity index is 337. The van der Waals surface area contributed by atoms with Crippen LogP contribution in [0.3, 0.4) is 0 Å². The summed E-state index contributed by atoms with van der Waals surface area (Å²) in [5.41, 5.74) is 1.27. The second-order valence-corrected chi connectivity index (χ2v) is 5.49. The van der Waals surface area contributed by atoms with Gasteiger partial charge in [-0.05, 0) is 56.2 Å². The van der Waals surface area contributed by atoms with Crippen molar-refractivity contribution in [2.75, 3.05) is 6.61 Å². The van der Waals surface area contributed by atoms with Crippen LogP contribution >= 0.6 is 0 Å². The van der Waals surface area contributed by atoms with Crippen LogP contribution in [-0.2, 0) is 6.42 Å². The minimum atomic E-state index is -0.219. The molecule has 0 spiro atoms. The van der Waals surface area contributed by atoms with Crippen LogP contribution in [0.4, 0.5) is 0 Å². The molecule has 1 aliphatic rings. The number of hydrogen-bond acceptors (Lipinski definition) is 2. The first kappa shape index (κ1) is 13.4. The van der Waals surface area contributed by atoms with Gasteiger partial charge in [-0.1, -0.05) is 25.0 Å². The van der Waals surface area contributed by atoms with Crippen molar-refractivity contribution in [3.05, 3.63) is 29.8 Å². The fourth-order valence-corrected chi connectivity index (χ4v) is 2.52. The van der Waals surface area contributed by atoms with E-state index < -0.39 is 0 Å².